The molecule has 1 saturated heterocycles. The van der Waals surface area contributed by atoms with Crippen molar-refractivity contribution in [1.29, 1.82) is 0 Å². The van der Waals surface area contributed by atoms with Crippen molar-refractivity contribution in [2.45, 2.75) is 33.2 Å². The minimum Gasteiger partial charge on any atom is -0.363 e. The Hall–Kier alpha value is -1.82. The normalized spacial score (nSPS) is 26.4. The van der Waals surface area contributed by atoms with Crippen LogP contribution in [0.4, 0.5) is 17.1 Å². The summed E-state index contributed by atoms with van der Waals surface area (Å²) in [6.45, 7) is 7.35. The van der Waals surface area contributed by atoms with Crippen LogP contribution < -0.4 is 16.2 Å². The third-order valence-corrected chi connectivity index (χ3v) is 4.26. The zero-order valence-corrected chi connectivity index (χ0v) is 12.2. The summed E-state index contributed by atoms with van der Waals surface area (Å²) in [5.74, 6) is 6.43. The molecule has 0 amide bonds. The lowest BCUT2D eigenvalue weighted by Crippen LogP contribution is -2.46. The molecule has 0 aliphatic carbocycles. The first kappa shape index (κ1) is 14.6. The number of hydrogen-bond acceptors (Lipinski definition) is 5. The maximum atomic E-state index is 11.4. The van der Waals surface area contributed by atoms with E-state index in [1.54, 1.807) is 18.2 Å². The molecular weight excluding hydrogens is 256 g/mol. The standard InChI is InChI=1S/C14H22N4O2/c1-9-7-10(2)11(3)17(8-9)13-6-4-5-12(16-15)14(13)18(19)20/h4-6,9-11,16H,7-8,15H2,1-3H3. The number of nitro groups is 1. The average Bonchev–Trinajstić information content (AvgIpc) is 2.41. The Balaban J connectivity index is 2.48. The first-order chi connectivity index (χ1) is 9.45. The van der Waals surface area contributed by atoms with Crippen molar-refractivity contribution in [1.82, 2.24) is 0 Å². The van der Waals surface area contributed by atoms with Gasteiger partial charge >= 0.3 is 5.69 Å². The summed E-state index contributed by atoms with van der Waals surface area (Å²) in [6.07, 6.45) is 1.15. The molecule has 110 valence electrons. The molecular formula is C14H22N4O2. The number of nitrogens with zero attached hydrogens (tertiary/aromatic N) is 2. The highest BCUT2D eigenvalue weighted by atomic mass is 16.6. The smallest absolute Gasteiger partial charge is 0.316 e. The summed E-state index contributed by atoms with van der Waals surface area (Å²) in [4.78, 5) is 13.2. The van der Waals surface area contributed by atoms with E-state index in [0.717, 1.165) is 13.0 Å². The number of anilines is 2. The minimum absolute atomic E-state index is 0.0585. The molecule has 3 atom stereocenters. The van der Waals surface area contributed by atoms with Gasteiger partial charge in [-0.25, -0.2) is 0 Å². The summed E-state index contributed by atoms with van der Waals surface area (Å²) in [5.41, 5.74) is 3.49. The fraction of sp³-hybridized carbons (Fsp3) is 0.571. The largest absolute Gasteiger partial charge is 0.363 e. The van der Waals surface area contributed by atoms with Crippen molar-refractivity contribution in [3.8, 4) is 0 Å². The van der Waals surface area contributed by atoms with Gasteiger partial charge in [-0.15, -0.1) is 0 Å². The molecule has 1 aliphatic rings. The van der Waals surface area contributed by atoms with Crippen LogP contribution in [0.2, 0.25) is 0 Å². The second-order valence-corrected chi connectivity index (χ2v) is 5.79. The van der Waals surface area contributed by atoms with Crippen molar-refractivity contribution < 1.29 is 4.92 Å². The van der Waals surface area contributed by atoms with Crippen LogP contribution in [0.3, 0.4) is 0 Å². The highest BCUT2D eigenvalue weighted by Crippen LogP contribution is 2.39. The maximum absolute atomic E-state index is 11.4. The summed E-state index contributed by atoms with van der Waals surface area (Å²) in [7, 11) is 0. The van der Waals surface area contributed by atoms with Gasteiger partial charge in [0.15, 0.2) is 0 Å². The van der Waals surface area contributed by atoms with E-state index in [2.05, 4.69) is 31.1 Å². The number of rotatable bonds is 3. The van der Waals surface area contributed by atoms with Gasteiger partial charge in [0, 0.05) is 12.6 Å². The Bertz CT molecular complexity index is 506. The highest BCUT2D eigenvalue weighted by molar-refractivity contribution is 5.77. The molecule has 1 aliphatic heterocycles. The summed E-state index contributed by atoms with van der Waals surface area (Å²) >= 11 is 0. The highest BCUT2D eigenvalue weighted by Gasteiger charge is 2.33. The molecule has 0 spiro atoms. The van der Waals surface area contributed by atoms with Crippen LogP contribution in [-0.4, -0.2) is 17.5 Å². The van der Waals surface area contributed by atoms with Gasteiger partial charge in [0.2, 0.25) is 0 Å². The topological polar surface area (TPSA) is 84.4 Å². The number of para-hydroxylation sites is 1. The lowest BCUT2D eigenvalue weighted by Gasteiger charge is -2.42. The number of benzene rings is 1. The van der Waals surface area contributed by atoms with Crippen molar-refractivity contribution >= 4 is 17.1 Å². The van der Waals surface area contributed by atoms with Gasteiger partial charge in [-0.2, -0.15) is 0 Å². The predicted octanol–water partition coefficient (Wildman–Crippen LogP) is 2.75. The summed E-state index contributed by atoms with van der Waals surface area (Å²) < 4.78 is 0. The number of nitrogen functional groups attached to an aromatic ring is 1. The van der Waals surface area contributed by atoms with Gasteiger partial charge in [0.25, 0.3) is 0 Å². The minimum atomic E-state index is -0.360. The molecule has 1 fully saturated rings. The molecule has 2 rings (SSSR count). The number of nitrogens with one attached hydrogen (secondary N) is 1. The third kappa shape index (κ3) is 2.56. The fourth-order valence-corrected chi connectivity index (χ4v) is 3.10. The van der Waals surface area contributed by atoms with Crippen LogP contribution in [0.25, 0.3) is 0 Å². The van der Waals surface area contributed by atoms with Crippen molar-refractivity contribution in [2.75, 3.05) is 16.9 Å². The van der Waals surface area contributed by atoms with E-state index in [1.165, 1.54) is 0 Å². The molecule has 6 nitrogen and oxygen atoms in total. The number of piperidine rings is 1. The van der Waals surface area contributed by atoms with E-state index in [-0.39, 0.29) is 16.7 Å². The Kier molecular flexibility index (Phi) is 4.13. The Morgan fingerprint density at radius 3 is 2.70 bits per heavy atom. The van der Waals surface area contributed by atoms with Gasteiger partial charge in [-0.3, -0.25) is 16.0 Å². The van der Waals surface area contributed by atoms with E-state index in [0.29, 0.717) is 23.2 Å². The lowest BCUT2D eigenvalue weighted by molar-refractivity contribution is -0.383. The fourth-order valence-electron chi connectivity index (χ4n) is 3.10. The molecule has 1 heterocycles. The zero-order valence-electron chi connectivity index (χ0n) is 12.2. The Morgan fingerprint density at radius 1 is 1.40 bits per heavy atom. The van der Waals surface area contributed by atoms with Crippen molar-refractivity contribution in [3.63, 3.8) is 0 Å². The Morgan fingerprint density at radius 2 is 2.10 bits per heavy atom. The average molecular weight is 278 g/mol. The maximum Gasteiger partial charge on any atom is 0.316 e. The van der Waals surface area contributed by atoms with Gasteiger partial charge in [-0.05, 0) is 37.3 Å². The molecule has 0 saturated carbocycles. The van der Waals surface area contributed by atoms with Crippen molar-refractivity contribution in [2.24, 2.45) is 17.7 Å². The summed E-state index contributed by atoms with van der Waals surface area (Å²) in [6, 6.07) is 5.51. The first-order valence-electron chi connectivity index (χ1n) is 6.96. The molecule has 0 bridgehead atoms. The molecule has 1 aromatic carbocycles. The monoisotopic (exact) mass is 278 g/mol. The quantitative estimate of drug-likeness (QED) is 0.504. The van der Waals surface area contributed by atoms with E-state index in [1.807, 2.05) is 0 Å². The zero-order chi connectivity index (χ0) is 14.9. The third-order valence-electron chi connectivity index (χ3n) is 4.26. The van der Waals surface area contributed by atoms with Gasteiger partial charge in [-0.1, -0.05) is 19.9 Å². The molecule has 1 aromatic rings. The molecule has 0 radical (unpaired) electrons. The Labute approximate surface area is 119 Å². The molecule has 3 N–H and O–H groups in total. The number of hydrogen-bond donors (Lipinski definition) is 2. The van der Waals surface area contributed by atoms with E-state index < -0.39 is 0 Å². The van der Waals surface area contributed by atoms with E-state index in [9.17, 15) is 10.1 Å². The molecule has 3 unspecified atom stereocenters. The first-order valence-corrected chi connectivity index (χ1v) is 6.96. The van der Waals surface area contributed by atoms with Gasteiger partial charge in [0.05, 0.1) is 4.92 Å². The van der Waals surface area contributed by atoms with Crippen LogP contribution in [0, 0.1) is 22.0 Å². The molecule has 20 heavy (non-hydrogen) atoms. The van der Waals surface area contributed by atoms with Crippen LogP contribution in [-0.2, 0) is 0 Å². The summed E-state index contributed by atoms with van der Waals surface area (Å²) in [5, 5.41) is 11.4. The molecule has 0 aromatic heterocycles. The van der Waals surface area contributed by atoms with E-state index in [4.69, 9.17) is 5.84 Å². The number of hydrazine groups is 1. The van der Waals surface area contributed by atoms with Crippen LogP contribution in [0.15, 0.2) is 18.2 Å². The van der Waals surface area contributed by atoms with E-state index >= 15 is 0 Å². The lowest BCUT2D eigenvalue weighted by atomic mass is 9.85. The number of nitro benzene ring substituents is 1. The van der Waals surface area contributed by atoms with Crippen molar-refractivity contribution in [3.05, 3.63) is 28.3 Å². The van der Waals surface area contributed by atoms with Crippen LogP contribution in [0.5, 0.6) is 0 Å². The second kappa shape index (κ2) is 5.66. The molecule has 6 heteroatoms. The van der Waals surface area contributed by atoms with Crippen LogP contribution >= 0.6 is 0 Å². The number of nitrogens with two attached hydrogens (primary N) is 1. The predicted molar refractivity (Wildman–Crippen MR) is 80.7 cm³/mol. The SMILES string of the molecule is CC1CC(C)C(C)N(c2cccc(NN)c2[N+](=O)[O-])C1. The van der Waals surface area contributed by atoms with Crippen LogP contribution in [0.1, 0.15) is 27.2 Å². The van der Waals surface area contributed by atoms with Gasteiger partial charge in [0.1, 0.15) is 11.4 Å². The second-order valence-electron chi connectivity index (χ2n) is 5.79. The van der Waals surface area contributed by atoms with Gasteiger partial charge < -0.3 is 10.3 Å².